The lowest BCUT2D eigenvalue weighted by Crippen LogP contribution is -2.45. The largest absolute Gasteiger partial charge is 0.373 e. The Kier molecular flexibility index (Phi) is 3.68. The first kappa shape index (κ1) is 11.4. The summed E-state index contributed by atoms with van der Waals surface area (Å²) in [5.74, 6) is 1.63. The summed E-state index contributed by atoms with van der Waals surface area (Å²) in [5.41, 5.74) is 5.96. The molecule has 0 spiro atoms. The van der Waals surface area contributed by atoms with Gasteiger partial charge in [-0.3, -0.25) is 0 Å². The second kappa shape index (κ2) is 4.84. The summed E-state index contributed by atoms with van der Waals surface area (Å²) in [6.45, 7) is 4.00. The first-order chi connectivity index (χ1) is 7.24. The van der Waals surface area contributed by atoms with Crippen molar-refractivity contribution in [2.75, 3.05) is 13.2 Å². The smallest absolute Gasteiger partial charge is 0.0806 e. The molecule has 2 fully saturated rings. The van der Waals surface area contributed by atoms with Gasteiger partial charge in [-0.2, -0.15) is 0 Å². The molecule has 0 radical (unpaired) electrons. The third kappa shape index (κ3) is 2.73. The molecule has 2 rings (SSSR count). The molecule has 2 unspecified atom stereocenters. The SMILES string of the molecule is CC1CCCC(CN)(OCC2CCC2)C1. The summed E-state index contributed by atoms with van der Waals surface area (Å²) in [6, 6.07) is 0. The van der Waals surface area contributed by atoms with Crippen molar-refractivity contribution in [2.24, 2.45) is 17.6 Å². The maximum atomic E-state index is 6.17. The van der Waals surface area contributed by atoms with Gasteiger partial charge in [-0.25, -0.2) is 0 Å². The van der Waals surface area contributed by atoms with Gasteiger partial charge in [0.2, 0.25) is 0 Å². The second-order valence-corrected chi connectivity index (χ2v) is 5.70. The summed E-state index contributed by atoms with van der Waals surface area (Å²) in [4.78, 5) is 0. The van der Waals surface area contributed by atoms with E-state index in [1.54, 1.807) is 0 Å². The van der Waals surface area contributed by atoms with Crippen LogP contribution < -0.4 is 5.73 Å². The monoisotopic (exact) mass is 211 g/mol. The van der Waals surface area contributed by atoms with E-state index in [2.05, 4.69) is 6.92 Å². The van der Waals surface area contributed by atoms with Crippen LogP contribution in [0.2, 0.25) is 0 Å². The van der Waals surface area contributed by atoms with Crippen LogP contribution in [0.15, 0.2) is 0 Å². The highest BCUT2D eigenvalue weighted by molar-refractivity contribution is 4.88. The zero-order valence-corrected chi connectivity index (χ0v) is 10.0. The third-order valence-corrected chi connectivity index (χ3v) is 4.27. The summed E-state index contributed by atoms with van der Waals surface area (Å²) in [7, 11) is 0. The number of ether oxygens (including phenoxy) is 1. The van der Waals surface area contributed by atoms with E-state index in [0.29, 0.717) is 6.54 Å². The van der Waals surface area contributed by atoms with Gasteiger partial charge in [0.25, 0.3) is 0 Å². The summed E-state index contributed by atoms with van der Waals surface area (Å²) < 4.78 is 6.17. The van der Waals surface area contributed by atoms with E-state index < -0.39 is 0 Å². The Morgan fingerprint density at radius 2 is 2.07 bits per heavy atom. The average molecular weight is 211 g/mol. The number of hydrogen-bond donors (Lipinski definition) is 1. The first-order valence-electron chi connectivity index (χ1n) is 6.58. The van der Waals surface area contributed by atoms with Crippen LogP contribution in [0.1, 0.15) is 51.9 Å². The predicted molar refractivity (Wildman–Crippen MR) is 62.7 cm³/mol. The summed E-state index contributed by atoms with van der Waals surface area (Å²) in [6.07, 6.45) is 9.15. The van der Waals surface area contributed by atoms with Gasteiger partial charge in [-0.05, 0) is 37.5 Å². The quantitative estimate of drug-likeness (QED) is 0.776. The van der Waals surface area contributed by atoms with E-state index in [-0.39, 0.29) is 5.60 Å². The second-order valence-electron chi connectivity index (χ2n) is 5.70. The highest BCUT2D eigenvalue weighted by Gasteiger charge is 2.35. The van der Waals surface area contributed by atoms with Gasteiger partial charge < -0.3 is 10.5 Å². The van der Waals surface area contributed by atoms with Crippen molar-refractivity contribution in [3.8, 4) is 0 Å². The number of rotatable bonds is 4. The number of hydrogen-bond acceptors (Lipinski definition) is 2. The van der Waals surface area contributed by atoms with Gasteiger partial charge >= 0.3 is 0 Å². The minimum atomic E-state index is 0.0350. The maximum absolute atomic E-state index is 6.17. The van der Waals surface area contributed by atoms with Crippen LogP contribution in [0.25, 0.3) is 0 Å². The molecule has 2 aliphatic carbocycles. The Balaban J connectivity index is 1.82. The molecule has 0 aromatic rings. The average Bonchev–Trinajstić information content (AvgIpc) is 2.15. The van der Waals surface area contributed by atoms with E-state index >= 15 is 0 Å². The molecule has 0 heterocycles. The first-order valence-corrected chi connectivity index (χ1v) is 6.58. The summed E-state index contributed by atoms with van der Waals surface area (Å²) in [5, 5.41) is 0. The lowest BCUT2D eigenvalue weighted by molar-refractivity contribution is -0.0946. The van der Waals surface area contributed by atoms with Gasteiger partial charge in [0.05, 0.1) is 12.2 Å². The fourth-order valence-electron chi connectivity index (χ4n) is 2.94. The molecule has 2 aliphatic rings. The molecule has 2 N–H and O–H groups in total. The lowest BCUT2D eigenvalue weighted by atomic mass is 9.78. The Bertz CT molecular complexity index is 203. The van der Waals surface area contributed by atoms with Crippen LogP contribution in [0.3, 0.4) is 0 Å². The molecule has 2 nitrogen and oxygen atoms in total. The fraction of sp³-hybridized carbons (Fsp3) is 1.00. The molecule has 2 saturated carbocycles. The Labute approximate surface area is 93.6 Å². The van der Waals surface area contributed by atoms with Crippen molar-refractivity contribution in [3.05, 3.63) is 0 Å². The zero-order chi connectivity index (χ0) is 10.7. The summed E-state index contributed by atoms with van der Waals surface area (Å²) >= 11 is 0. The van der Waals surface area contributed by atoms with Gasteiger partial charge in [0.15, 0.2) is 0 Å². The molecule has 0 aliphatic heterocycles. The molecular formula is C13H25NO. The highest BCUT2D eigenvalue weighted by atomic mass is 16.5. The molecule has 2 heteroatoms. The molecule has 88 valence electrons. The van der Waals surface area contributed by atoms with Crippen molar-refractivity contribution >= 4 is 0 Å². The Hall–Kier alpha value is -0.0800. The van der Waals surface area contributed by atoms with Crippen LogP contribution in [-0.2, 0) is 4.74 Å². The van der Waals surface area contributed by atoms with Crippen LogP contribution in [-0.4, -0.2) is 18.8 Å². The fourth-order valence-corrected chi connectivity index (χ4v) is 2.94. The standard InChI is InChI=1S/C13H25NO/c1-11-4-3-7-13(8-11,10-14)15-9-12-5-2-6-12/h11-12H,2-10,14H2,1H3. The molecule has 0 aromatic heterocycles. The normalized spacial score (nSPS) is 37.6. The van der Waals surface area contributed by atoms with Crippen LogP contribution in [0, 0.1) is 11.8 Å². The van der Waals surface area contributed by atoms with Crippen LogP contribution >= 0.6 is 0 Å². The van der Waals surface area contributed by atoms with Crippen molar-refractivity contribution in [1.82, 2.24) is 0 Å². The lowest BCUT2D eigenvalue weighted by Gasteiger charge is -2.41. The van der Waals surface area contributed by atoms with E-state index in [9.17, 15) is 0 Å². The highest BCUT2D eigenvalue weighted by Crippen LogP contribution is 2.36. The van der Waals surface area contributed by atoms with Crippen LogP contribution in [0.5, 0.6) is 0 Å². The van der Waals surface area contributed by atoms with Crippen molar-refractivity contribution in [2.45, 2.75) is 57.5 Å². The van der Waals surface area contributed by atoms with E-state index in [4.69, 9.17) is 10.5 Å². The molecule has 15 heavy (non-hydrogen) atoms. The maximum Gasteiger partial charge on any atom is 0.0806 e. The van der Waals surface area contributed by atoms with Gasteiger partial charge in [-0.15, -0.1) is 0 Å². The molecule has 0 saturated heterocycles. The van der Waals surface area contributed by atoms with Gasteiger partial charge in [-0.1, -0.05) is 26.2 Å². The molecule has 2 atom stereocenters. The minimum Gasteiger partial charge on any atom is -0.373 e. The molecule has 0 amide bonds. The van der Waals surface area contributed by atoms with Crippen molar-refractivity contribution in [1.29, 1.82) is 0 Å². The molecular weight excluding hydrogens is 186 g/mol. The minimum absolute atomic E-state index is 0.0350. The van der Waals surface area contributed by atoms with Gasteiger partial charge in [0, 0.05) is 6.54 Å². The van der Waals surface area contributed by atoms with Crippen molar-refractivity contribution in [3.63, 3.8) is 0 Å². The molecule has 0 bridgehead atoms. The topological polar surface area (TPSA) is 35.2 Å². The zero-order valence-electron chi connectivity index (χ0n) is 10.0. The van der Waals surface area contributed by atoms with Crippen LogP contribution in [0.4, 0.5) is 0 Å². The predicted octanol–water partition coefficient (Wildman–Crippen LogP) is 2.71. The Morgan fingerprint density at radius 3 is 2.60 bits per heavy atom. The number of nitrogens with two attached hydrogens (primary N) is 1. The third-order valence-electron chi connectivity index (χ3n) is 4.27. The van der Waals surface area contributed by atoms with E-state index in [1.165, 1.54) is 44.9 Å². The Morgan fingerprint density at radius 1 is 1.27 bits per heavy atom. The van der Waals surface area contributed by atoms with E-state index in [0.717, 1.165) is 18.4 Å². The molecule has 0 aromatic carbocycles. The van der Waals surface area contributed by atoms with Crippen molar-refractivity contribution < 1.29 is 4.74 Å². The van der Waals surface area contributed by atoms with Gasteiger partial charge in [0.1, 0.15) is 0 Å². The van der Waals surface area contributed by atoms with E-state index in [1.807, 2.05) is 0 Å².